The van der Waals surface area contributed by atoms with Gasteiger partial charge in [0.15, 0.2) is 0 Å². The molecule has 0 aromatic heterocycles. The zero-order valence-corrected chi connectivity index (χ0v) is 15.8. The number of amides is 1. The summed E-state index contributed by atoms with van der Waals surface area (Å²) < 4.78 is 5.25. The van der Waals surface area contributed by atoms with Gasteiger partial charge in [-0.3, -0.25) is 9.69 Å². The second-order valence-corrected chi connectivity index (χ2v) is 7.08. The lowest BCUT2D eigenvalue weighted by atomic mass is 10.0. The van der Waals surface area contributed by atoms with Gasteiger partial charge < -0.3 is 10.1 Å². The Morgan fingerprint density at radius 1 is 1.12 bits per heavy atom. The van der Waals surface area contributed by atoms with Crippen molar-refractivity contribution in [3.05, 3.63) is 64.7 Å². The quantitative estimate of drug-likeness (QED) is 0.802. The van der Waals surface area contributed by atoms with E-state index in [9.17, 15) is 4.79 Å². The van der Waals surface area contributed by atoms with Crippen molar-refractivity contribution in [2.75, 3.05) is 26.7 Å². The van der Waals surface area contributed by atoms with Gasteiger partial charge >= 0.3 is 0 Å². The number of nitrogens with one attached hydrogen (secondary N) is 1. The number of benzene rings is 2. The molecule has 0 bridgehead atoms. The third-order valence-corrected chi connectivity index (χ3v) is 5.10. The molecule has 1 heterocycles. The van der Waals surface area contributed by atoms with Crippen molar-refractivity contribution in [2.24, 2.45) is 0 Å². The average molecular weight is 373 g/mol. The number of halogens is 1. The number of carbonyl (C=O) groups is 1. The summed E-state index contributed by atoms with van der Waals surface area (Å²) in [5.41, 5.74) is 2.17. The summed E-state index contributed by atoms with van der Waals surface area (Å²) in [4.78, 5) is 14.8. The van der Waals surface area contributed by atoms with Crippen LogP contribution in [0.2, 0.25) is 5.02 Å². The minimum Gasteiger partial charge on any atom is -0.497 e. The van der Waals surface area contributed by atoms with Gasteiger partial charge in [0.2, 0.25) is 5.91 Å². The number of ether oxygens (including phenoxy) is 1. The molecule has 5 heteroatoms. The van der Waals surface area contributed by atoms with Crippen LogP contribution in [0.3, 0.4) is 0 Å². The molecule has 0 spiro atoms. The summed E-state index contributed by atoms with van der Waals surface area (Å²) in [6, 6.07) is 15.7. The molecule has 1 atom stereocenters. The number of rotatable bonds is 7. The summed E-state index contributed by atoms with van der Waals surface area (Å²) in [5.74, 6) is 0.880. The van der Waals surface area contributed by atoms with E-state index in [1.54, 1.807) is 7.11 Å². The van der Waals surface area contributed by atoms with Crippen molar-refractivity contribution in [3.63, 3.8) is 0 Å². The monoisotopic (exact) mass is 372 g/mol. The van der Waals surface area contributed by atoms with Crippen molar-refractivity contribution < 1.29 is 9.53 Å². The number of hydrogen-bond acceptors (Lipinski definition) is 3. The van der Waals surface area contributed by atoms with Crippen LogP contribution in [-0.4, -0.2) is 37.6 Å². The smallest absolute Gasteiger partial charge is 0.224 e. The van der Waals surface area contributed by atoms with Crippen molar-refractivity contribution in [3.8, 4) is 5.75 Å². The van der Waals surface area contributed by atoms with Gasteiger partial charge in [-0.2, -0.15) is 0 Å². The SMILES string of the molecule is COc1ccc([C@H](CNC(=O)Cc2ccc(Cl)cc2)N2CCCC2)cc1. The van der Waals surface area contributed by atoms with Crippen LogP contribution in [-0.2, 0) is 11.2 Å². The van der Waals surface area contributed by atoms with Crippen LogP contribution in [0.25, 0.3) is 0 Å². The molecule has 1 aliphatic rings. The molecule has 2 aromatic carbocycles. The van der Waals surface area contributed by atoms with Crippen molar-refractivity contribution >= 4 is 17.5 Å². The largest absolute Gasteiger partial charge is 0.497 e. The summed E-state index contributed by atoms with van der Waals surface area (Å²) in [6.45, 7) is 2.76. The first-order chi connectivity index (χ1) is 12.7. The molecular formula is C21H25ClN2O2. The lowest BCUT2D eigenvalue weighted by Gasteiger charge is -2.28. The normalized spacial score (nSPS) is 15.6. The predicted molar refractivity (Wildman–Crippen MR) is 105 cm³/mol. The van der Waals surface area contributed by atoms with Crippen LogP contribution >= 0.6 is 11.6 Å². The molecule has 26 heavy (non-hydrogen) atoms. The van der Waals surface area contributed by atoms with E-state index in [-0.39, 0.29) is 11.9 Å². The molecule has 1 fully saturated rings. The number of nitrogens with zero attached hydrogens (tertiary/aromatic N) is 1. The number of methoxy groups -OCH3 is 1. The van der Waals surface area contributed by atoms with E-state index in [1.165, 1.54) is 18.4 Å². The Labute approximate surface area is 160 Å². The first kappa shape index (κ1) is 18.7. The average Bonchev–Trinajstić information content (AvgIpc) is 3.19. The van der Waals surface area contributed by atoms with E-state index in [1.807, 2.05) is 36.4 Å². The number of hydrogen-bond donors (Lipinski definition) is 1. The third kappa shape index (κ3) is 4.99. The zero-order valence-electron chi connectivity index (χ0n) is 15.1. The minimum absolute atomic E-state index is 0.0324. The van der Waals surface area contributed by atoms with E-state index in [4.69, 9.17) is 16.3 Å². The van der Waals surface area contributed by atoms with Gasteiger partial charge in [-0.25, -0.2) is 0 Å². The Bertz CT molecular complexity index is 710. The Morgan fingerprint density at radius 2 is 1.77 bits per heavy atom. The fourth-order valence-electron chi connectivity index (χ4n) is 3.40. The molecule has 0 saturated carbocycles. The summed E-state index contributed by atoms with van der Waals surface area (Å²) >= 11 is 5.90. The molecular weight excluding hydrogens is 348 g/mol. The van der Waals surface area contributed by atoms with Gasteiger partial charge in [-0.15, -0.1) is 0 Å². The van der Waals surface area contributed by atoms with Gasteiger partial charge in [0.1, 0.15) is 5.75 Å². The molecule has 1 aliphatic heterocycles. The van der Waals surface area contributed by atoms with Gasteiger partial charge in [0, 0.05) is 11.6 Å². The second-order valence-electron chi connectivity index (χ2n) is 6.64. The van der Waals surface area contributed by atoms with Crippen LogP contribution < -0.4 is 10.1 Å². The highest BCUT2D eigenvalue weighted by Crippen LogP contribution is 2.26. The summed E-state index contributed by atoms with van der Waals surface area (Å²) in [5, 5.41) is 3.79. The molecule has 3 rings (SSSR count). The van der Waals surface area contributed by atoms with E-state index in [2.05, 4.69) is 22.3 Å². The van der Waals surface area contributed by atoms with E-state index < -0.39 is 0 Å². The molecule has 1 amide bonds. The summed E-state index contributed by atoms with van der Waals surface area (Å²) in [7, 11) is 1.67. The van der Waals surface area contributed by atoms with Gasteiger partial charge in [0.25, 0.3) is 0 Å². The highest BCUT2D eigenvalue weighted by Gasteiger charge is 2.24. The van der Waals surface area contributed by atoms with Gasteiger partial charge in [0.05, 0.1) is 19.6 Å². The molecule has 1 saturated heterocycles. The fraction of sp³-hybridized carbons (Fsp3) is 0.381. The Balaban J connectivity index is 1.63. The van der Waals surface area contributed by atoms with Crippen LogP contribution in [0, 0.1) is 0 Å². The lowest BCUT2D eigenvalue weighted by molar-refractivity contribution is -0.120. The highest BCUT2D eigenvalue weighted by atomic mass is 35.5. The fourth-order valence-corrected chi connectivity index (χ4v) is 3.52. The van der Waals surface area contributed by atoms with Crippen molar-refractivity contribution in [1.29, 1.82) is 0 Å². The van der Waals surface area contributed by atoms with Crippen molar-refractivity contribution in [2.45, 2.75) is 25.3 Å². The number of likely N-dealkylation sites (tertiary alicyclic amines) is 1. The van der Waals surface area contributed by atoms with Crippen molar-refractivity contribution in [1.82, 2.24) is 10.2 Å². The first-order valence-corrected chi connectivity index (χ1v) is 9.42. The molecule has 138 valence electrons. The molecule has 2 aromatic rings. The van der Waals surface area contributed by atoms with E-state index >= 15 is 0 Å². The lowest BCUT2D eigenvalue weighted by Crippen LogP contribution is -2.37. The zero-order chi connectivity index (χ0) is 18.4. The van der Waals surface area contributed by atoms with Crippen LogP contribution in [0.5, 0.6) is 5.75 Å². The predicted octanol–water partition coefficient (Wildman–Crippen LogP) is 3.84. The van der Waals surface area contributed by atoms with E-state index in [0.717, 1.165) is 24.4 Å². The summed E-state index contributed by atoms with van der Waals surface area (Å²) in [6.07, 6.45) is 2.79. The topological polar surface area (TPSA) is 41.6 Å². The standard InChI is InChI=1S/C21H25ClN2O2/c1-26-19-10-6-17(7-11-19)20(24-12-2-3-13-24)15-23-21(25)14-16-4-8-18(22)9-5-16/h4-11,20H,2-3,12-15H2,1H3,(H,23,25)/t20-/m0/s1. The molecule has 0 unspecified atom stereocenters. The molecule has 0 aliphatic carbocycles. The maximum Gasteiger partial charge on any atom is 0.224 e. The molecule has 0 radical (unpaired) electrons. The van der Waals surface area contributed by atoms with Gasteiger partial charge in [-0.05, 0) is 61.3 Å². The Morgan fingerprint density at radius 3 is 2.38 bits per heavy atom. The maximum absolute atomic E-state index is 12.4. The van der Waals surface area contributed by atoms with Gasteiger partial charge in [-0.1, -0.05) is 35.9 Å². The van der Waals surface area contributed by atoms with Crippen LogP contribution in [0.15, 0.2) is 48.5 Å². The first-order valence-electron chi connectivity index (χ1n) is 9.05. The second kappa shape index (κ2) is 9.06. The van der Waals surface area contributed by atoms with Crippen LogP contribution in [0.4, 0.5) is 0 Å². The Kier molecular flexibility index (Phi) is 6.53. The molecule has 1 N–H and O–H groups in total. The maximum atomic E-state index is 12.4. The van der Waals surface area contributed by atoms with Crippen LogP contribution in [0.1, 0.15) is 30.0 Å². The molecule has 4 nitrogen and oxygen atoms in total. The number of carbonyl (C=O) groups excluding carboxylic acids is 1. The Hall–Kier alpha value is -2.04. The van der Waals surface area contributed by atoms with E-state index in [0.29, 0.717) is 18.0 Å². The highest BCUT2D eigenvalue weighted by molar-refractivity contribution is 6.30. The third-order valence-electron chi connectivity index (χ3n) is 4.85. The minimum atomic E-state index is 0.0324.